The molecule has 0 N–H and O–H groups in total. The summed E-state index contributed by atoms with van der Waals surface area (Å²) in [6.07, 6.45) is 3.50. The van der Waals surface area contributed by atoms with Crippen LogP contribution in [0.4, 0.5) is 0 Å². The summed E-state index contributed by atoms with van der Waals surface area (Å²) in [5, 5.41) is 11.1. The molecule has 2 aromatic heterocycles. The second-order valence-electron chi connectivity index (χ2n) is 8.70. The summed E-state index contributed by atoms with van der Waals surface area (Å²) in [5.74, 6) is 1.71. The van der Waals surface area contributed by atoms with Crippen LogP contribution in [0.5, 0.6) is 0 Å². The van der Waals surface area contributed by atoms with E-state index in [2.05, 4.69) is 75.4 Å². The van der Waals surface area contributed by atoms with Crippen molar-refractivity contribution < 1.29 is 0 Å². The van der Waals surface area contributed by atoms with Crippen molar-refractivity contribution in [3.05, 3.63) is 28.8 Å². The zero-order chi connectivity index (χ0) is 19.5. The largest absolute Gasteiger partial charge is 0.314 e. The Morgan fingerprint density at radius 3 is 2.59 bits per heavy atom. The summed E-state index contributed by atoms with van der Waals surface area (Å²) in [5.41, 5.74) is 8.18. The van der Waals surface area contributed by atoms with Crippen molar-refractivity contribution in [2.24, 2.45) is 5.92 Å². The van der Waals surface area contributed by atoms with Gasteiger partial charge >= 0.3 is 0 Å². The molecule has 0 atom stereocenters. The molecule has 142 valence electrons. The lowest BCUT2D eigenvalue weighted by atomic mass is 9.89. The Morgan fingerprint density at radius 2 is 1.89 bits per heavy atom. The van der Waals surface area contributed by atoms with Crippen LogP contribution in [0.15, 0.2) is 17.3 Å². The smallest absolute Gasteiger partial charge is 0.211 e. The second-order valence-corrected chi connectivity index (χ2v) is 9.77. The molecule has 5 heteroatoms. The molecule has 0 bridgehead atoms. The summed E-state index contributed by atoms with van der Waals surface area (Å²) >= 11 is 1.71. The maximum Gasteiger partial charge on any atom is 0.211 e. The number of allylic oxidation sites excluding steroid dienone is 2. The van der Waals surface area contributed by atoms with Crippen LogP contribution in [0.3, 0.4) is 0 Å². The molecule has 0 fully saturated rings. The zero-order valence-corrected chi connectivity index (χ0v) is 18.2. The van der Waals surface area contributed by atoms with E-state index in [0.717, 1.165) is 28.5 Å². The molecule has 0 unspecified atom stereocenters. The zero-order valence-electron chi connectivity index (χ0n) is 17.3. The van der Waals surface area contributed by atoms with Gasteiger partial charge in [-0.2, -0.15) is 0 Å². The van der Waals surface area contributed by atoms with Gasteiger partial charge in [-0.1, -0.05) is 31.7 Å². The highest BCUT2D eigenvalue weighted by molar-refractivity contribution is 7.99. The lowest BCUT2D eigenvalue weighted by molar-refractivity contribution is 0.477. The van der Waals surface area contributed by atoms with Crippen LogP contribution in [0.2, 0.25) is 0 Å². The van der Waals surface area contributed by atoms with E-state index in [1.54, 1.807) is 11.8 Å². The summed E-state index contributed by atoms with van der Waals surface area (Å²) in [6.45, 7) is 15.6. The molecular formula is C22H28N4S. The summed E-state index contributed by atoms with van der Waals surface area (Å²) in [6, 6.07) is 2.31. The van der Waals surface area contributed by atoms with Crippen LogP contribution < -0.4 is 0 Å². The van der Waals surface area contributed by atoms with Gasteiger partial charge in [-0.05, 0) is 69.7 Å². The number of thioether (sulfide) groups is 1. The summed E-state index contributed by atoms with van der Waals surface area (Å²) in [7, 11) is 0. The van der Waals surface area contributed by atoms with Crippen molar-refractivity contribution in [1.82, 2.24) is 19.7 Å². The predicted molar refractivity (Wildman–Crippen MR) is 115 cm³/mol. The Kier molecular flexibility index (Phi) is 4.34. The molecule has 0 saturated carbocycles. The molecule has 0 spiro atoms. The molecule has 27 heavy (non-hydrogen) atoms. The molecule has 3 aromatic rings. The normalized spacial score (nSPS) is 15.8. The first-order chi connectivity index (χ1) is 12.7. The van der Waals surface area contributed by atoms with E-state index in [-0.39, 0.29) is 5.54 Å². The predicted octanol–water partition coefficient (Wildman–Crippen LogP) is 5.89. The average Bonchev–Trinajstić information content (AvgIpc) is 2.92. The minimum atomic E-state index is -0.144. The quantitative estimate of drug-likeness (QED) is 0.530. The number of nitrogens with zero attached hydrogens (tertiary/aromatic N) is 4. The van der Waals surface area contributed by atoms with Crippen molar-refractivity contribution in [1.29, 1.82) is 0 Å². The van der Waals surface area contributed by atoms with E-state index in [0.29, 0.717) is 5.92 Å². The second kappa shape index (κ2) is 6.33. The van der Waals surface area contributed by atoms with Crippen LogP contribution in [0, 0.1) is 19.8 Å². The van der Waals surface area contributed by atoms with Crippen LogP contribution in [0.1, 0.15) is 57.7 Å². The van der Waals surface area contributed by atoms with Crippen LogP contribution in [0.25, 0.3) is 27.6 Å². The van der Waals surface area contributed by atoms with Crippen LogP contribution >= 0.6 is 11.8 Å². The number of fused-ring (bicyclic) bond motifs is 3. The van der Waals surface area contributed by atoms with Crippen LogP contribution in [-0.2, 0) is 5.54 Å². The van der Waals surface area contributed by atoms with E-state index in [4.69, 9.17) is 4.98 Å². The molecule has 0 saturated heterocycles. The molecule has 0 radical (unpaired) electrons. The molecule has 0 amide bonds. The standard InChI is InChI=1S/C22H28N4S/c1-12(2)8-9-27-21-23-20-18(24-25-21)17-15(5)13(3)10-16-14(4)11-22(6,7)26(20)19(16)17/h10-12H,8-9H2,1-7H3. The van der Waals surface area contributed by atoms with Gasteiger partial charge in [0.25, 0.3) is 0 Å². The summed E-state index contributed by atoms with van der Waals surface area (Å²) in [4.78, 5) is 4.97. The van der Waals surface area contributed by atoms with E-state index >= 15 is 0 Å². The van der Waals surface area contributed by atoms with E-state index in [9.17, 15) is 0 Å². The number of aromatic nitrogens is 4. The molecular weight excluding hydrogens is 352 g/mol. The van der Waals surface area contributed by atoms with E-state index in [1.807, 2.05) is 0 Å². The Bertz CT molecular complexity index is 1090. The Morgan fingerprint density at radius 1 is 1.15 bits per heavy atom. The highest BCUT2D eigenvalue weighted by Crippen LogP contribution is 2.43. The maximum absolute atomic E-state index is 4.97. The van der Waals surface area contributed by atoms with Gasteiger partial charge in [-0.3, -0.25) is 0 Å². The van der Waals surface area contributed by atoms with Crippen molar-refractivity contribution in [2.75, 3.05) is 5.75 Å². The highest BCUT2D eigenvalue weighted by atomic mass is 32.2. The first kappa shape index (κ1) is 18.5. The van der Waals surface area contributed by atoms with Gasteiger partial charge in [0.1, 0.15) is 5.52 Å². The molecule has 1 aromatic carbocycles. The third-order valence-corrected chi connectivity index (χ3v) is 6.51. The van der Waals surface area contributed by atoms with Crippen molar-refractivity contribution in [3.63, 3.8) is 0 Å². The minimum Gasteiger partial charge on any atom is -0.314 e. The third-order valence-electron chi connectivity index (χ3n) is 5.64. The lowest BCUT2D eigenvalue weighted by Gasteiger charge is -2.31. The molecule has 3 heterocycles. The van der Waals surface area contributed by atoms with Gasteiger partial charge in [0.15, 0.2) is 5.65 Å². The van der Waals surface area contributed by atoms with E-state index < -0.39 is 0 Å². The van der Waals surface area contributed by atoms with Gasteiger partial charge in [0.2, 0.25) is 5.16 Å². The molecule has 4 nitrogen and oxygen atoms in total. The van der Waals surface area contributed by atoms with Crippen molar-refractivity contribution >= 4 is 39.4 Å². The van der Waals surface area contributed by atoms with E-state index in [1.165, 1.54) is 33.2 Å². The minimum absolute atomic E-state index is 0.144. The van der Waals surface area contributed by atoms with Crippen molar-refractivity contribution in [2.45, 2.75) is 65.6 Å². The highest BCUT2D eigenvalue weighted by Gasteiger charge is 2.32. The molecule has 0 aliphatic carbocycles. The monoisotopic (exact) mass is 380 g/mol. The Balaban J connectivity index is 1.99. The number of rotatable bonds is 4. The fourth-order valence-corrected chi connectivity index (χ4v) is 5.15. The van der Waals surface area contributed by atoms with Gasteiger partial charge in [0, 0.05) is 16.7 Å². The summed E-state index contributed by atoms with van der Waals surface area (Å²) < 4.78 is 2.37. The van der Waals surface area contributed by atoms with Gasteiger partial charge in [-0.15, -0.1) is 10.2 Å². The fourth-order valence-electron chi connectivity index (χ4n) is 4.13. The van der Waals surface area contributed by atoms with Crippen molar-refractivity contribution in [3.8, 4) is 0 Å². The SMILES string of the molecule is CC1=CC(C)(C)n2c3nc(SCCC(C)C)nnc3c3c(C)c(C)cc1c32. The van der Waals surface area contributed by atoms with Gasteiger partial charge in [0.05, 0.1) is 11.1 Å². The Labute approximate surface area is 165 Å². The first-order valence-corrected chi connectivity index (χ1v) is 10.7. The Hall–Kier alpha value is -1.88. The average molecular weight is 381 g/mol. The maximum atomic E-state index is 4.97. The molecule has 1 aliphatic heterocycles. The molecule has 1 aliphatic rings. The fraction of sp³-hybridized carbons (Fsp3) is 0.500. The molecule has 4 rings (SSSR count). The van der Waals surface area contributed by atoms with Gasteiger partial charge < -0.3 is 4.57 Å². The number of aryl methyl sites for hydroxylation is 2. The van der Waals surface area contributed by atoms with Crippen LogP contribution in [-0.4, -0.2) is 25.5 Å². The number of hydrogen-bond acceptors (Lipinski definition) is 4. The number of benzene rings is 1. The third kappa shape index (κ3) is 2.87. The topological polar surface area (TPSA) is 43.6 Å². The number of hydrogen-bond donors (Lipinski definition) is 0. The lowest BCUT2D eigenvalue weighted by Crippen LogP contribution is -2.27. The first-order valence-electron chi connectivity index (χ1n) is 9.73. The van der Waals surface area contributed by atoms with Gasteiger partial charge in [-0.25, -0.2) is 4.98 Å².